The summed E-state index contributed by atoms with van der Waals surface area (Å²) in [6, 6.07) is 13.4. The molecule has 2 aromatic carbocycles. The lowest BCUT2D eigenvalue weighted by atomic mass is 10.0. The number of nitrogen functional groups attached to an aromatic ring is 2. The number of nitrogens with two attached hydrogens (primary N) is 2. The average Bonchev–Trinajstić information content (AvgIpc) is 2.62. The number of aryl methyl sites for hydroxylation is 1. The first kappa shape index (κ1) is 20.5. The van der Waals surface area contributed by atoms with Crippen molar-refractivity contribution in [3.05, 3.63) is 69.8 Å². The second kappa shape index (κ2) is 9.21. The van der Waals surface area contributed by atoms with Gasteiger partial charge in [-0.25, -0.2) is 4.98 Å². The van der Waals surface area contributed by atoms with E-state index in [-0.39, 0.29) is 5.56 Å². The topological polar surface area (TPSA) is 119 Å². The maximum atomic E-state index is 10.2. The molecule has 27 heavy (non-hydrogen) atoms. The van der Waals surface area contributed by atoms with E-state index < -0.39 is 5.97 Å². The number of hydrogen-bond acceptors (Lipinski definition) is 5. The third-order valence-electron chi connectivity index (χ3n) is 3.60. The standard InChI is InChI=1S/C12H13ClN4.C7H5ClO2/c1-2-9-10(11(14)17-12(15)16-9)7-3-5-8(13)6-4-7;8-6-3-1-2-5(4-6)7(9)10/h3-6H,2H2,1H3,(H4,14,15,16,17);1-4H,(H,9,10). The number of benzene rings is 2. The maximum absolute atomic E-state index is 10.2. The van der Waals surface area contributed by atoms with Gasteiger partial charge < -0.3 is 21.4 Å². The molecule has 0 atom stereocenters. The van der Waals surface area contributed by atoms with Gasteiger partial charge in [-0.3, -0.25) is 0 Å². The Hall–Kier alpha value is -2.83. The number of carbonyl (C=O) groups is 1. The number of hydrogen-bond donors (Lipinski definition) is 2. The van der Waals surface area contributed by atoms with E-state index in [4.69, 9.17) is 34.7 Å². The highest BCUT2D eigenvalue weighted by molar-refractivity contribution is 6.31. The van der Waals surface area contributed by atoms with Gasteiger partial charge in [0.15, 0.2) is 0 Å². The molecule has 140 valence electrons. The Balaban J connectivity index is 0.000000223. The van der Waals surface area contributed by atoms with Crippen LogP contribution in [0, 0.1) is 0 Å². The number of aromatic carboxylic acids is 1. The summed E-state index contributed by atoms with van der Waals surface area (Å²) in [4.78, 5) is 17.3. The number of nitrogens with one attached hydrogen (secondary N) is 1. The lowest BCUT2D eigenvalue weighted by molar-refractivity contribution is -0.346. The quantitative estimate of drug-likeness (QED) is 0.694. The molecule has 8 heteroatoms. The molecule has 3 rings (SSSR count). The van der Waals surface area contributed by atoms with Crippen LogP contribution < -0.4 is 21.6 Å². The first-order valence-corrected chi connectivity index (χ1v) is 8.77. The van der Waals surface area contributed by atoms with Crippen LogP contribution in [0.5, 0.6) is 0 Å². The predicted octanol–water partition coefficient (Wildman–Crippen LogP) is 2.65. The minimum atomic E-state index is -1.21. The van der Waals surface area contributed by atoms with Crippen molar-refractivity contribution < 1.29 is 14.9 Å². The van der Waals surface area contributed by atoms with Crippen LogP contribution in [0.2, 0.25) is 10.0 Å². The Morgan fingerprint density at radius 3 is 2.30 bits per heavy atom. The van der Waals surface area contributed by atoms with E-state index in [2.05, 4.69) is 9.97 Å². The van der Waals surface area contributed by atoms with Crippen LogP contribution in [0.15, 0.2) is 48.5 Å². The summed E-state index contributed by atoms with van der Waals surface area (Å²) in [5.41, 5.74) is 14.4. The van der Waals surface area contributed by atoms with Crippen molar-refractivity contribution in [3.8, 4) is 11.1 Å². The fourth-order valence-electron chi connectivity index (χ4n) is 2.40. The highest BCUT2D eigenvalue weighted by Gasteiger charge is 2.15. The Morgan fingerprint density at radius 2 is 1.78 bits per heavy atom. The van der Waals surface area contributed by atoms with Gasteiger partial charge in [0, 0.05) is 10.0 Å². The molecule has 5 N–H and O–H groups in total. The molecule has 0 radical (unpaired) electrons. The Bertz CT molecular complexity index is 947. The molecule has 0 saturated heterocycles. The van der Waals surface area contributed by atoms with Crippen LogP contribution >= 0.6 is 23.2 Å². The van der Waals surface area contributed by atoms with Crippen molar-refractivity contribution >= 4 is 40.9 Å². The van der Waals surface area contributed by atoms with Crippen LogP contribution in [0.25, 0.3) is 11.1 Å². The largest absolute Gasteiger partial charge is 0.545 e. The average molecular weight is 405 g/mol. The summed E-state index contributed by atoms with van der Waals surface area (Å²) in [6.45, 7) is 2.01. The number of H-pyrrole nitrogens is 1. The first-order chi connectivity index (χ1) is 12.8. The van der Waals surface area contributed by atoms with E-state index in [1.165, 1.54) is 12.1 Å². The van der Waals surface area contributed by atoms with Crippen molar-refractivity contribution in [2.45, 2.75) is 13.3 Å². The van der Waals surface area contributed by atoms with Gasteiger partial charge in [-0.05, 0) is 41.8 Å². The van der Waals surface area contributed by atoms with Gasteiger partial charge in [0.25, 0.3) is 0 Å². The summed E-state index contributed by atoms with van der Waals surface area (Å²) in [7, 11) is 0. The molecule has 0 aliphatic rings. The molecule has 0 spiro atoms. The summed E-state index contributed by atoms with van der Waals surface area (Å²) in [6.07, 6.45) is 0.765. The highest BCUT2D eigenvalue weighted by atomic mass is 35.5. The molecule has 0 fully saturated rings. The number of nitrogens with zero attached hydrogens (tertiary/aromatic N) is 1. The van der Waals surface area contributed by atoms with E-state index >= 15 is 0 Å². The third kappa shape index (κ3) is 5.57. The zero-order valence-corrected chi connectivity index (χ0v) is 16.0. The van der Waals surface area contributed by atoms with Gasteiger partial charge in [-0.1, -0.05) is 54.4 Å². The molecule has 0 aliphatic heterocycles. The van der Waals surface area contributed by atoms with Crippen molar-refractivity contribution in [1.29, 1.82) is 0 Å². The van der Waals surface area contributed by atoms with Crippen molar-refractivity contribution in [2.24, 2.45) is 0 Å². The zero-order valence-electron chi connectivity index (χ0n) is 14.5. The second-order valence-corrected chi connectivity index (χ2v) is 6.39. The molecular formula is C19H18Cl2N4O2. The molecule has 3 aromatic rings. The summed E-state index contributed by atoms with van der Waals surface area (Å²) in [5, 5.41) is 11.3. The molecule has 1 aromatic heterocycles. The van der Waals surface area contributed by atoms with Crippen molar-refractivity contribution in [3.63, 3.8) is 0 Å². The summed E-state index contributed by atoms with van der Waals surface area (Å²) < 4.78 is 0. The highest BCUT2D eigenvalue weighted by Crippen LogP contribution is 2.27. The van der Waals surface area contributed by atoms with Gasteiger partial charge in [0.2, 0.25) is 5.82 Å². The molecular weight excluding hydrogens is 387 g/mol. The first-order valence-electron chi connectivity index (χ1n) is 8.01. The Morgan fingerprint density at radius 1 is 1.11 bits per heavy atom. The lowest BCUT2D eigenvalue weighted by Gasteiger charge is -2.07. The zero-order chi connectivity index (χ0) is 20.0. The second-order valence-electron chi connectivity index (χ2n) is 5.52. The fraction of sp³-hybridized carbons (Fsp3) is 0.105. The minimum absolute atomic E-state index is 0.104. The monoisotopic (exact) mass is 404 g/mol. The van der Waals surface area contributed by atoms with Gasteiger partial charge in [-0.2, -0.15) is 0 Å². The number of anilines is 2. The van der Waals surface area contributed by atoms with Gasteiger partial charge in [0.05, 0.1) is 11.5 Å². The van der Waals surface area contributed by atoms with Crippen LogP contribution in [0.4, 0.5) is 11.8 Å². The SMILES string of the molecule is CCc1nc(N)[nH+]c(N)c1-c1ccc(Cl)cc1.O=C([O-])c1cccc(Cl)c1. The van der Waals surface area contributed by atoms with Crippen LogP contribution in [0.3, 0.4) is 0 Å². The molecule has 0 saturated carbocycles. The van der Waals surface area contributed by atoms with Gasteiger partial charge in [-0.15, -0.1) is 4.98 Å². The molecule has 0 amide bonds. The third-order valence-corrected chi connectivity index (χ3v) is 4.09. The molecule has 6 nitrogen and oxygen atoms in total. The number of aromatic nitrogens is 2. The molecule has 0 bridgehead atoms. The number of carboxylic acid groups (broad SMARTS) is 1. The van der Waals surface area contributed by atoms with Crippen LogP contribution in [-0.2, 0) is 6.42 Å². The number of halogens is 2. The van der Waals surface area contributed by atoms with Crippen molar-refractivity contribution in [2.75, 3.05) is 11.5 Å². The number of aromatic amines is 1. The maximum Gasteiger partial charge on any atom is 0.342 e. The van der Waals surface area contributed by atoms with E-state index in [1.54, 1.807) is 12.1 Å². The van der Waals surface area contributed by atoms with Crippen molar-refractivity contribution in [1.82, 2.24) is 4.98 Å². The number of rotatable bonds is 3. The van der Waals surface area contributed by atoms with E-state index in [9.17, 15) is 9.90 Å². The fourth-order valence-corrected chi connectivity index (χ4v) is 2.71. The lowest BCUT2D eigenvalue weighted by Crippen LogP contribution is -2.21. The van der Waals surface area contributed by atoms with E-state index in [0.717, 1.165) is 23.2 Å². The van der Waals surface area contributed by atoms with E-state index in [0.29, 0.717) is 21.8 Å². The number of carboxylic acids is 1. The Labute approximate surface area is 166 Å². The molecule has 0 aliphatic carbocycles. The molecule has 1 heterocycles. The summed E-state index contributed by atoms with van der Waals surface area (Å²) in [5.74, 6) is -0.351. The van der Waals surface area contributed by atoms with E-state index in [1.807, 2.05) is 31.2 Å². The predicted molar refractivity (Wildman–Crippen MR) is 105 cm³/mol. The van der Waals surface area contributed by atoms with Crippen LogP contribution in [0.1, 0.15) is 23.0 Å². The van der Waals surface area contributed by atoms with Gasteiger partial charge in [0.1, 0.15) is 5.69 Å². The summed E-state index contributed by atoms with van der Waals surface area (Å²) >= 11 is 11.4. The number of carbonyl (C=O) groups excluding carboxylic acids is 1. The normalized spacial score (nSPS) is 10.0. The Kier molecular flexibility index (Phi) is 6.98. The smallest absolute Gasteiger partial charge is 0.342 e. The van der Waals surface area contributed by atoms with Gasteiger partial charge >= 0.3 is 5.95 Å². The van der Waals surface area contributed by atoms with Crippen LogP contribution in [-0.4, -0.2) is 11.0 Å². The minimum Gasteiger partial charge on any atom is -0.545 e. The molecule has 0 unspecified atom stereocenters.